The summed E-state index contributed by atoms with van der Waals surface area (Å²) < 4.78 is 42.5. The zero-order valence-corrected chi connectivity index (χ0v) is 39.7. The topological polar surface area (TPSA) is 192 Å². The number of nitro benzene ring substituents is 1. The summed E-state index contributed by atoms with van der Waals surface area (Å²) in [5.74, 6) is -0.197. The lowest BCUT2D eigenvalue weighted by Crippen LogP contribution is -2.54. The fraction of sp³-hybridized carbons (Fsp3) is 0.480. The van der Waals surface area contributed by atoms with Crippen molar-refractivity contribution in [2.75, 3.05) is 36.5 Å². The number of benzene rings is 3. The minimum Gasteiger partial charge on any atom is -0.489 e. The maximum absolute atomic E-state index is 14.2. The molecule has 3 aliphatic heterocycles. The van der Waals surface area contributed by atoms with Crippen molar-refractivity contribution < 1.29 is 32.7 Å². The first-order valence-electron chi connectivity index (χ1n) is 23.6. The highest BCUT2D eigenvalue weighted by molar-refractivity contribution is 7.90. The summed E-state index contributed by atoms with van der Waals surface area (Å²) in [5, 5.41) is 26.8. The van der Waals surface area contributed by atoms with Crippen LogP contribution in [0.25, 0.3) is 11.0 Å². The number of halogens is 1. The lowest BCUT2D eigenvalue weighted by atomic mass is 9.59. The predicted molar refractivity (Wildman–Crippen MR) is 257 cm³/mol. The summed E-state index contributed by atoms with van der Waals surface area (Å²) in [5.41, 5.74) is 3.30. The molecule has 10 rings (SSSR count). The minimum atomic E-state index is -4.69. The molecule has 67 heavy (non-hydrogen) atoms. The number of sulfonamides is 1. The number of anilines is 2. The fourth-order valence-electron chi connectivity index (χ4n) is 11.5. The van der Waals surface area contributed by atoms with Crippen LogP contribution in [0.2, 0.25) is 5.15 Å². The number of nitro groups is 1. The molecule has 4 N–H and O–H groups in total. The molecule has 5 aliphatic rings. The molecular weight excluding hydrogens is 894 g/mol. The van der Waals surface area contributed by atoms with Gasteiger partial charge in [-0.05, 0) is 130 Å². The molecule has 2 aliphatic carbocycles. The Morgan fingerprint density at radius 1 is 1.01 bits per heavy atom. The van der Waals surface area contributed by atoms with Crippen molar-refractivity contribution in [3.05, 3.63) is 105 Å². The van der Waals surface area contributed by atoms with E-state index in [1.807, 2.05) is 6.07 Å². The summed E-state index contributed by atoms with van der Waals surface area (Å²) in [7, 11) is -4.69. The third-order valence-electron chi connectivity index (χ3n) is 15.4. The third-order valence-corrected chi connectivity index (χ3v) is 16.9. The Morgan fingerprint density at radius 2 is 1.78 bits per heavy atom. The van der Waals surface area contributed by atoms with Crippen LogP contribution in [0, 0.1) is 21.4 Å². The van der Waals surface area contributed by atoms with Gasteiger partial charge in [-0.2, -0.15) is 0 Å². The number of hydrogen-bond donors (Lipinski definition) is 4. The molecule has 0 radical (unpaired) electrons. The first-order chi connectivity index (χ1) is 32.1. The van der Waals surface area contributed by atoms with E-state index in [9.17, 15) is 28.4 Å². The number of rotatable bonds is 11. The number of ether oxygens (including phenoxy) is 2. The van der Waals surface area contributed by atoms with Gasteiger partial charge in [-0.25, -0.2) is 18.1 Å². The smallest absolute Gasteiger partial charge is 0.297 e. The van der Waals surface area contributed by atoms with Crippen molar-refractivity contribution in [2.24, 2.45) is 11.3 Å². The van der Waals surface area contributed by atoms with Crippen molar-refractivity contribution in [3.63, 3.8) is 0 Å². The highest BCUT2D eigenvalue weighted by Gasteiger charge is 2.50. The van der Waals surface area contributed by atoms with Crippen LogP contribution >= 0.6 is 11.6 Å². The monoisotopic (exact) mass is 951 g/mol. The number of hydrogen-bond acceptors (Lipinski definition) is 12. The standard InChI is InChI=1S/C50H58ClN7O8S/c1-30(2)36-7-4-5-8-37(36)40-9-6-20-57(40)34-27-50(28-34)17-21-56(22-18-50)33-10-11-38(42(24-33)66-44-23-32-14-19-52-47(32)54-46(44)51)48(59)55-67(63,64)35-25-41(58(61)62)45-43(26-35)65-29-39(53-45)31-12-15-49(3,60)16-13-31/h4-5,7-8,10-11,14,19,23-26,30-31,34,39-40,53,60H,6,9,12-13,15-18,20-22,27-29H2,1-3H3,(H,52,54)(H,55,59)/t31-,39-,40+,49-/m1/s1. The number of aliphatic hydroxyl groups is 1. The second-order valence-corrected chi connectivity index (χ2v) is 22.1. The van der Waals surface area contributed by atoms with Crippen molar-refractivity contribution in [3.8, 4) is 17.2 Å². The lowest BCUT2D eigenvalue weighted by molar-refractivity contribution is -0.384. The van der Waals surface area contributed by atoms with Gasteiger partial charge < -0.3 is 29.8 Å². The average molecular weight is 953 g/mol. The molecule has 1 spiro atoms. The van der Waals surface area contributed by atoms with Gasteiger partial charge in [-0.3, -0.25) is 19.8 Å². The van der Waals surface area contributed by atoms with Gasteiger partial charge in [0.25, 0.3) is 21.6 Å². The Hall–Kier alpha value is -5.42. The Morgan fingerprint density at radius 3 is 2.52 bits per heavy atom. The SMILES string of the molecule is CC(C)c1ccccc1[C@@H]1CCCN1C1CC2(CCN(c3ccc(C(=O)NS(=O)(=O)c4cc5c(c([N+](=O)[O-])c4)N[C@@H]([C@H]4CC[C@](C)(O)CC4)CO5)c(Oc4cc5cc[nH]c5nc4Cl)c3)CC2)C1. The van der Waals surface area contributed by atoms with Gasteiger partial charge in [0, 0.05) is 60.6 Å². The number of nitrogens with one attached hydrogen (secondary N) is 3. The van der Waals surface area contributed by atoms with Crippen LogP contribution in [0.1, 0.15) is 118 Å². The molecule has 5 aromatic rings. The first kappa shape index (κ1) is 45.4. The highest BCUT2D eigenvalue weighted by Crippen LogP contribution is 2.54. The molecule has 15 nitrogen and oxygen atoms in total. The Labute approximate surface area is 395 Å². The van der Waals surface area contributed by atoms with Gasteiger partial charge in [0.2, 0.25) is 0 Å². The number of aromatic amines is 1. The second kappa shape index (κ2) is 17.6. The van der Waals surface area contributed by atoms with E-state index in [2.05, 4.69) is 67.9 Å². The van der Waals surface area contributed by atoms with Crippen molar-refractivity contribution in [2.45, 2.75) is 120 Å². The van der Waals surface area contributed by atoms with E-state index in [0.29, 0.717) is 49.3 Å². The number of carbonyl (C=O) groups excluding carboxylic acids is 1. The molecule has 0 bridgehead atoms. The molecular formula is C50H58ClN7O8S. The van der Waals surface area contributed by atoms with Gasteiger partial charge in [0.15, 0.2) is 22.3 Å². The Kier molecular flexibility index (Phi) is 11.9. The van der Waals surface area contributed by atoms with Crippen LogP contribution in [0.15, 0.2) is 77.8 Å². The van der Waals surface area contributed by atoms with E-state index < -0.39 is 37.0 Å². The number of carbonyl (C=O) groups is 1. The van der Waals surface area contributed by atoms with Crippen LogP contribution in [0.5, 0.6) is 17.2 Å². The van der Waals surface area contributed by atoms with Crippen LogP contribution in [0.4, 0.5) is 17.1 Å². The summed E-state index contributed by atoms with van der Waals surface area (Å²) in [4.78, 5) is 37.9. The Balaban J connectivity index is 0.866. The van der Waals surface area contributed by atoms with E-state index in [0.717, 1.165) is 49.6 Å². The number of H-pyrrole nitrogens is 1. The fourth-order valence-corrected chi connectivity index (χ4v) is 12.7. The molecule has 4 fully saturated rings. The van der Waals surface area contributed by atoms with Crippen molar-refractivity contribution in [1.29, 1.82) is 0 Å². The molecule has 1 amide bonds. The van der Waals surface area contributed by atoms with E-state index in [1.54, 1.807) is 31.3 Å². The van der Waals surface area contributed by atoms with Gasteiger partial charge in [0.1, 0.15) is 18.0 Å². The highest BCUT2D eigenvalue weighted by atomic mass is 35.5. The first-order valence-corrected chi connectivity index (χ1v) is 25.5. The van der Waals surface area contributed by atoms with Crippen LogP contribution < -0.4 is 24.4 Å². The van der Waals surface area contributed by atoms with E-state index in [1.165, 1.54) is 48.9 Å². The van der Waals surface area contributed by atoms with Gasteiger partial charge in [-0.15, -0.1) is 0 Å². The van der Waals surface area contributed by atoms with E-state index >= 15 is 0 Å². The number of aromatic nitrogens is 2. The number of likely N-dealkylation sites (tertiary alicyclic amines) is 1. The number of pyridine rings is 1. The third kappa shape index (κ3) is 8.93. The zero-order valence-electron chi connectivity index (χ0n) is 38.1. The van der Waals surface area contributed by atoms with E-state index in [-0.39, 0.29) is 57.6 Å². The maximum Gasteiger partial charge on any atom is 0.297 e. The number of amides is 1. The molecule has 2 saturated carbocycles. The molecule has 17 heteroatoms. The molecule has 354 valence electrons. The quantitative estimate of drug-likeness (QED) is 0.0558. The summed E-state index contributed by atoms with van der Waals surface area (Å²) in [6, 6.07) is 20.4. The lowest BCUT2D eigenvalue weighted by Gasteiger charge is -2.56. The molecule has 3 aromatic carbocycles. The molecule has 5 heterocycles. The Bertz CT molecular complexity index is 2830. The van der Waals surface area contributed by atoms with Crippen LogP contribution in [-0.4, -0.2) is 83.1 Å². The minimum absolute atomic E-state index is 0.00914. The summed E-state index contributed by atoms with van der Waals surface area (Å²) in [6.07, 6.45) is 11.2. The average Bonchev–Trinajstić information content (AvgIpc) is 3.97. The normalized spacial score (nSPS) is 24.2. The molecule has 0 unspecified atom stereocenters. The van der Waals surface area contributed by atoms with Crippen LogP contribution in [-0.2, 0) is 10.0 Å². The van der Waals surface area contributed by atoms with Crippen LogP contribution in [0.3, 0.4) is 0 Å². The van der Waals surface area contributed by atoms with Gasteiger partial charge in [-0.1, -0.05) is 49.7 Å². The van der Waals surface area contributed by atoms with Gasteiger partial charge in [0.05, 0.1) is 27.0 Å². The maximum atomic E-state index is 14.2. The van der Waals surface area contributed by atoms with Crippen molar-refractivity contribution >= 4 is 55.6 Å². The second-order valence-electron chi connectivity index (χ2n) is 20.1. The number of piperidine rings is 1. The molecule has 2 saturated heterocycles. The van der Waals surface area contributed by atoms with E-state index in [4.69, 9.17) is 21.1 Å². The molecule has 2 aromatic heterocycles. The largest absolute Gasteiger partial charge is 0.489 e. The predicted octanol–water partition coefficient (Wildman–Crippen LogP) is 9.86. The summed E-state index contributed by atoms with van der Waals surface area (Å²) >= 11 is 6.61. The molecule has 2 atom stereocenters. The van der Waals surface area contributed by atoms with Gasteiger partial charge >= 0.3 is 0 Å². The number of fused-ring (bicyclic) bond motifs is 2. The number of nitrogens with zero attached hydrogens (tertiary/aromatic N) is 4. The summed E-state index contributed by atoms with van der Waals surface area (Å²) in [6.45, 7) is 9.27. The zero-order chi connectivity index (χ0) is 46.8. The van der Waals surface area contributed by atoms with Crippen molar-refractivity contribution in [1.82, 2.24) is 19.6 Å².